The molecule has 6 aromatic rings. The minimum atomic E-state index is -4.83. The third kappa shape index (κ3) is 12.2. The topological polar surface area (TPSA) is 261 Å². The molecule has 23 heteroatoms. The van der Waals surface area contributed by atoms with E-state index in [0.29, 0.717) is 33.5 Å². The summed E-state index contributed by atoms with van der Waals surface area (Å²) in [5.41, 5.74) is 0.985. The van der Waals surface area contributed by atoms with E-state index >= 15 is 0 Å². The third-order valence-corrected chi connectivity index (χ3v) is 8.64. The van der Waals surface area contributed by atoms with Gasteiger partial charge in [0.1, 0.15) is 0 Å². The van der Waals surface area contributed by atoms with E-state index in [4.69, 9.17) is 27.8 Å². The summed E-state index contributed by atoms with van der Waals surface area (Å²) in [5, 5.41) is 56.4. The predicted octanol–water partition coefficient (Wildman–Crippen LogP) is 0.0613. The molecule has 2 heterocycles. The fourth-order valence-corrected chi connectivity index (χ4v) is 5.76. The maximum absolute atomic E-state index is 12.7. The summed E-state index contributed by atoms with van der Waals surface area (Å²) in [6.45, 7) is 6.58. The molecule has 0 saturated carbocycles. The second kappa shape index (κ2) is 21.8. The first-order chi connectivity index (χ1) is 26.1. The fourth-order valence-electron chi connectivity index (χ4n) is 4.70. The largest absolute Gasteiger partial charge is 3.00 e. The molecule has 0 aliphatic rings. The van der Waals surface area contributed by atoms with Crippen molar-refractivity contribution in [3.63, 3.8) is 0 Å². The first-order valence-corrected chi connectivity index (χ1v) is 17.7. The Hall–Kier alpha value is -4.07. The van der Waals surface area contributed by atoms with Crippen molar-refractivity contribution in [2.24, 2.45) is 25.4 Å². The van der Waals surface area contributed by atoms with Crippen molar-refractivity contribution in [2.75, 3.05) is 0 Å². The monoisotopic (exact) mass is 900 g/mol. The molecule has 6 rings (SSSR count). The minimum Gasteiger partial charge on any atom is -0.871 e. The molecule has 0 bridgehead atoms. The molecule has 1 radical (unpaired) electrons. The van der Waals surface area contributed by atoms with Gasteiger partial charge in [-0.25, -0.2) is 9.36 Å². The number of aromatic amines is 2. The Bertz CT molecular complexity index is 2740. The van der Waals surface area contributed by atoms with Crippen molar-refractivity contribution in [1.82, 2.24) is 19.6 Å². The van der Waals surface area contributed by atoms with Crippen LogP contribution in [0.5, 0.6) is 11.5 Å². The van der Waals surface area contributed by atoms with Crippen LogP contribution in [0.4, 0.5) is 28.4 Å². The Morgan fingerprint density at radius 2 is 1.26 bits per heavy atom. The molecular weight excluding hydrogens is 875 g/mol. The zero-order valence-corrected chi connectivity index (χ0v) is 38.5. The van der Waals surface area contributed by atoms with Crippen LogP contribution in [0.2, 0.25) is 10.0 Å². The summed E-state index contributed by atoms with van der Waals surface area (Å²) < 4.78 is 34.4. The summed E-state index contributed by atoms with van der Waals surface area (Å²) in [7, 11) is -4.83. The van der Waals surface area contributed by atoms with Gasteiger partial charge >= 0.3 is 76.5 Å². The molecule has 0 fully saturated rings. The number of hydrogen-bond acceptors (Lipinski definition) is 12. The minimum absolute atomic E-state index is 0. The van der Waals surface area contributed by atoms with Gasteiger partial charge in [-0.2, -0.15) is 18.6 Å². The number of azo groups is 2. The molecule has 0 saturated heterocycles. The average Bonchev–Trinajstić information content (AvgIpc) is 3.60. The number of halogens is 2. The van der Waals surface area contributed by atoms with Crippen LogP contribution in [-0.4, -0.2) is 38.4 Å². The van der Waals surface area contributed by atoms with Crippen LogP contribution in [0, 0.1) is 13.8 Å². The van der Waals surface area contributed by atoms with Gasteiger partial charge in [-0.15, -0.1) is 10.2 Å². The quantitative estimate of drug-likeness (QED) is 0.0586. The maximum atomic E-state index is 12.7. The van der Waals surface area contributed by atoms with Crippen LogP contribution >= 0.6 is 23.2 Å². The van der Waals surface area contributed by atoms with E-state index in [0.717, 1.165) is 22.9 Å². The number of benzene rings is 4. The Balaban J connectivity index is 0.000000398. The molecule has 0 spiro atoms. The number of aliphatic imine (C=N–C) groups is 1. The Morgan fingerprint density at radius 3 is 1.78 bits per heavy atom. The fraction of sp³-hybridized carbons (Fsp3) is 0.0571. The number of aromatic nitrogens is 4. The summed E-state index contributed by atoms with van der Waals surface area (Å²) >= 11 is 11.6. The normalized spacial score (nSPS) is 11.3. The van der Waals surface area contributed by atoms with Gasteiger partial charge < -0.3 is 15.3 Å². The van der Waals surface area contributed by atoms with E-state index in [1.807, 2.05) is 18.2 Å². The molecule has 0 aliphatic heterocycles. The Kier molecular flexibility index (Phi) is 18.8. The van der Waals surface area contributed by atoms with Crippen LogP contribution < -0.4 is 85.6 Å². The van der Waals surface area contributed by atoms with Crippen molar-refractivity contribution >= 4 is 67.7 Å². The molecule has 0 aliphatic carbocycles. The van der Waals surface area contributed by atoms with E-state index in [9.17, 15) is 33.3 Å². The number of hydrogen-bond donors (Lipinski definition) is 3. The molecule has 4 aromatic carbocycles. The smallest absolute Gasteiger partial charge is 0.871 e. The van der Waals surface area contributed by atoms with Gasteiger partial charge in [0.25, 0.3) is 21.2 Å². The van der Waals surface area contributed by atoms with Crippen LogP contribution in [0.3, 0.4) is 0 Å². The van der Waals surface area contributed by atoms with Crippen LogP contribution in [0.15, 0.2) is 138 Å². The van der Waals surface area contributed by atoms with E-state index in [1.165, 1.54) is 35.0 Å². The second-order valence-corrected chi connectivity index (χ2v) is 13.5. The number of para-hydroxylation sites is 1. The number of nitrogens with one attached hydrogen (secondary N) is 2. The molecule has 2 aromatic heterocycles. The van der Waals surface area contributed by atoms with Gasteiger partial charge in [0, 0.05) is 10.0 Å². The molecule has 3 N–H and O–H groups in total. The molecule has 0 unspecified atom stereocenters. The van der Waals surface area contributed by atoms with Crippen LogP contribution in [0.1, 0.15) is 11.4 Å². The molecule has 17 nitrogen and oxygen atoms in total. The van der Waals surface area contributed by atoms with E-state index in [-0.39, 0.29) is 110 Å². The van der Waals surface area contributed by atoms with Crippen molar-refractivity contribution in [1.29, 1.82) is 0 Å². The molecule has 58 heavy (non-hydrogen) atoms. The van der Waals surface area contributed by atoms with Gasteiger partial charge in [-0.05, 0) is 80.4 Å². The third-order valence-electron chi connectivity index (χ3n) is 7.33. The summed E-state index contributed by atoms with van der Waals surface area (Å²) in [6.07, 6.45) is 1.07. The summed E-state index contributed by atoms with van der Waals surface area (Å²) in [6, 6.07) is 21.3. The SMILES string of the molecule is C=CC([O-])=Nc1ccc(-n2[nH]c(C)c(N=Nc3cc(Cl)cc(S(=O)(=O)O)c3[O-])c2=O)cc1.Cc1[nH]n(-c2ccccc2)c(=O)c1N=Nc1cc(Cl)ccc1[O-].[Cr+3].[Na+].[Na+]. The molecule has 0 atom stereocenters. The molecule has 285 valence electrons. The van der Waals surface area contributed by atoms with Gasteiger partial charge in [0.2, 0.25) is 0 Å². The second-order valence-electron chi connectivity index (χ2n) is 11.2. The van der Waals surface area contributed by atoms with Crippen molar-refractivity contribution in [3.8, 4) is 22.9 Å². The van der Waals surface area contributed by atoms with Gasteiger partial charge in [-0.1, -0.05) is 71.6 Å². The maximum Gasteiger partial charge on any atom is 3.00 e. The number of aryl methyl sites for hydroxylation is 2. The average molecular weight is 902 g/mol. The summed E-state index contributed by atoms with van der Waals surface area (Å²) in [5.74, 6) is -1.94. The van der Waals surface area contributed by atoms with Crippen LogP contribution in [-0.2, 0) is 27.5 Å². The number of H-pyrrole nitrogens is 2. The first-order valence-electron chi connectivity index (χ1n) is 15.5. The Morgan fingerprint density at radius 1 is 0.759 bits per heavy atom. The van der Waals surface area contributed by atoms with E-state index < -0.39 is 37.9 Å². The number of rotatable bonds is 9. The van der Waals surface area contributed by atoms with Gasteiger partial charge in [-0.3, -0.25) is 29.3 Å². The van der Waals surface area contributed by atoms with Crippen molar-refractivity contribution in [3.05, 3.63) is 140 Å². The van der Waals surface area contributed by atoms with Crippen LogP contribution in [0.25, 0.3) is 11.4 Å². The standard InChI is InChI=1S/C19H16ClN5O6S.C16H13ClN4O2.Cr.2Na/c1-3-16(26)21-12-4-6-13(7-5-12)25-19(28)17(10(2)24-25)23-22-14-8-11(20)9-15(18(14)27)32(29,30)31;1-10-15(19-18-13-9-11(17)7-8-14(13)22)16(23)21(20-10)12-5-3-2-4-6-12;;;/h3-9,24,27H,1H2,2H3,(H,21,26)(H,29,30,31);2-9,20,22H,1H3;;;/q;;+3;2*+1/p-3. The zero-order valence-electron chi connectivity index (χ0n) is 30.9. The van der Waals surface area contributed by atoms with Gasteiger partial charge in [0.15, 0.2) is 11.4 Å². The van der Waals surface area contributed by atoms with Crippen molar-refractivity contribution in [2.45, 2.75) is 18.7 Å². The molecule has 0 amide bonds. The van der Waals surface area contributed by atoms with Crippen molar-refractivity contribution < 1.29 is 105 Å². The predicted molar refractivity (Wildman–Crippen MR) is 200 cm³/mol. The molecular formula is C35H26Cl2CrN9Na2O8S+2. The first kappa shape index (κ1) is 50.1. The zero-order chi connectivity index (χ0) is 40.0. The summed E-state index contributed by atoms with van der Waals surface area (Å²) in [4.78, 5) is 28.0. The Labute approximate surface area is 395 Å². The van der Waals surface area contributed by atoms with E-state index in [2.05, 4.69) is 42.2 Å². The van der Waals surface area contributed by atoms with E-state index in [1.54, 1.807) is 38.1 Å². The van der Waals surface area contributed by atoms with Gasteiger partial charge in [0.05, 0.1) is 44.7 Å². The number of nitrogens with zero attached hydrogens (tertiary/aromatic N) is 7.